The SMILES string of the molecule is NCc1nc(N[C@@H]2CCCC[C@@H]2N)nc(Nc2cccc(C(F)(F)F)c2)c1C=O. The molecule has 1 aliphatic carbocycles. The van der Waals surface area contributed by atoms with Gasteiger partial charge in [-0.15, -0.1) is 0 Å². The number of rotatable bonds is 6. The summed E-state index contributed by atoms with van der Waals surface area (Å²) in [6.45, 7) is -0.0285. The van der Waals surface area contributed by atoms with E-state index in [4.69, 9.17) is 11.5 Å². The number of nitrogens with zero attached hydrogens (tertiary/aromatic N) is 2. The predicted octanol–water partition coefficient (Wildman–Crippen LogP) is 3.19. The number of benzene rings is 1. The summed E-state index contributed by atoms with van der Waals surface area (Å²) in [4.78, 5) is 20.2. The predicted molar refractivity (Wildman–Crippen MR) is 104 cm³/mol. The van der Waals surface area contributed by atoms with Gasteiger partial charge >= 0.3 is 6.18 Å². The van der Waals surface area contributed by atoms with Crippen molar-refractivity contribution in [2.75, 3.05) is 10.6 Å². The molecule has 1 saturated carbocycles. The van der Waals surface area contributed by atoms with Gasteiger partial charge in [0.25, 0.3) is 0 Å². The normalized spacial score (nSPS) is 19.6. The van der Waals surface area contributed by atoms with Gasteiger partial charge in [-0.1, -0.05) is 18.9 Å². The summed E-state index contributed by atoms with van der Waals surface area (Å²) in [5, 5.41) is 5.97. The van der Waals surface area contributed by atoms with Crippen LogP contribution in [0.25, 0.3) is 0 Å². The molecular weight excluding hydrogens is 385 g/mol. The molecule has 1 aromatic carbocycles. The molecule has 6 N–H and O–H groups in total. The van der Waals surface area contributed by atoms with Gasteiger partial charge < -0.3 is 22.1 Å². The molecule has 0 aliphatic heterocycles. The lowest BCUT2D eigenvalue weighted by atomic mass is 9.91. The van der Waals surface area contributed by atoms with Crippen LogP contribution in [0.5, 0.6) is 0 Å². The van der Waals surface area contributed by atoms with Crippen LogP contribution in [0.1, 0.15) is 47.3 Å². The molecule has 10 heteroatoms. The summed E-state index contributed by atoms with van der Waals surface area (Å²) in [6, 6.07) is 4.56. The minimum atomic E-state index is -4.48. The van der Waals surface area contributed by atoms with Crippen molar-refractivity contribution >= 4 is 23.7 Å². The molecule has 0 saturated heterocycles. The molecule has 29 heavy (non-hydrogen) atoms. The number of hydrogen-bond donors (Lipinski definition) is 4. The van der Waals surface area contributed by atoms with Gasteiger partial charge in [0.1, 0.15) is 5.82 Å². The summed E-state index contributed by atoms with van der Waals surface area (Å²) in [7, 11) is 0. The van der Waals surface area contributed by atoms with Gasteiger partial charge in [0.2, 0.25) is 5.95 Å². The lowest BCUT2D eigenvalue weighted by Gasteiger charge is -2.29. The Balaban J connectivity index is 1.93. The van der Waals surface area contributed by atoms with E-state index in [1.54, 1.807) is 0 Å². The maximum atomic E-state index is 13.0. The minimum absolute atomic E-state index is 0.0285. The van der Waals surface area contributed by atoms with E-state index in [1.165, 1.54) is 12.1 Å². The van der Waals surface area contributed by atoms with Gasteiger partial charge in [-0.25, -0.2) is 4.98 Å². The summed E-state index contributed by atoms with van der Waals surface area (Å²) >= 11 is 0. The fourth-order valence-electron chi connectivity index (χ4n) is 3.37. The average molecular weight is 408 g/mol. The van der Waals surface area contributed by atoms with E-state index in [-0.39, 0.29) is 47.3 Å². The molecule has 1 fully saturated rings. The lowest BCUT2D eigenvalue weighted by molar-refractivity contribution is -0.137. The van der Waals surface area contributed by atoms with Crippen molar-refractivity contribution in [2.45, 2.75) is 50.5 Å². The Labute approximate surface area is 166 Å². The molecule has 7 nitrogen and oxygen atoms in total. The van der Waals surface area contributed by atoms with E-state index in [1.807, 2.05) is 0 Å². The fraction of sp³-hybridized carbons (Fsp3) is 0.421. The average Bonchev–Trinajstić information content (AvgIpc) is 2.69. The quantitative estimate of drug-likeness (QED) is 0.542. The minimum Gasteiger partial charge on any atom is -0.350 e. The van der Waals surface area contributed by atoms with Crippen LogP contribution in [0.4, 0.5) is 30.6 Å². The van der Waals surface area contributed by atoms with Gasteiger partial charge in [-0.3, -0.25) is 4.79 Å². The monoisotopic (exact) mass is 408 g/mol. The fourth-order valence-corrected chi connectivity index (χ4v) is 3.37. The first-order valence-corrected chi connectivity index (χ1v) is 9.34. The molecule has 0 amide bonds. The molecule has 156 valence electrons. The van der Waals surface area contributed by atoms with E-state index in [0.29, 0.717) is 6.29 Å². The molecule has 3 rings (SSSR count). The van der Waals surface area contributed by atoms with Crippen LogP contribution in [0.15, 0.2) is 24.3 Å². The first kappa shape index (κ1) is 21.0. The number of aldehydes is 1. The van der Waals surface area contributed by atoms with Gasteiger partial charge in [0.05, 0.1) is 16.8 Å². The molecule has 0 spiro atoms. The van der Waals surface area contributed by atoms with Crippen LogP contribution in [-0.2, 0) is 12.7 Å². The summed E-state index contributed by atoms with van der Waals surface area (Å²) in [5.41, 5.74) is 11.6. The molecule has 0 radical (unpaired) electrons. The zero-order chi connectivity index (χ0) is 21.0. The Kier molecular flexibility index (Phi) is 6.33. The third kappa shape index (κ3) is 5.01. The lowest BCUT2D eigenvalue weighted by Crippen LogP contribution is -2.43. The van der Waals surface area contributed by atoms with Crippen molar-refractivity contribution < 1.29 is 18.0 Å². The van der Waals surface area contributed by atoms with Crippen molar-refractivity contribution in [3.05, 3.63) is 41.1 Å². The molecule has 1 heterocycles. The largest absolute Gasteiger partial charge is 0.416 e. The Morgan fingerprint density at radius 3 is 2.62 bits per heavy atom. The molecule has 2 atom stereocenters. The van der Waals surface area contributed by atoms with E-state index < -0.39 is 11.7 Å². The van der Waals surface area contributed by atoms with Crippen molar-refractivity contribution in [1.82, 2.24) is 9.97 Å². The topological polar surface area (TPSA) is 119 Å². The first-order chi connectivity index (χ1) is 13.8. The number of carbonyl (C=O) groups is 1. The highest BCUT2D eigenvalue weighted by atomic mass is 19.4. The number of alkyl halides is 3. The van der Waals surface area contributed by atoms with Gasteiger partial charge in [-0.05, 0) is 31.0 Å². The Morgan fingerprint density at radius 1 is 1.21 bits per heavy atom. The zero-order valence-corrected chi connectivity index (χ0v) is 15.7. The number of carbonyl (C=O) groups excluding carboxylic acids is 1. The summed E-state index contributed by atoms with van der Waals surface area (Å²) < 4.78 is 39.0. The number of nitrogens with two attached hydrogens (primary N) is 2. The summed E-state index contributed by atoms with van der Waals surface area (Å²) in [5.74, 6) is 0.314. The first-order valence-electron chi connectivity index (χ1n) is 9.34. The van der Waals surface area contributed by atoms with Crippen LogP contribution in [0.2, 0.25) is 0 Å². The molecule has 1 aliphatic rings. The van der Waals surface area contributed by atoms with Crippen LogP contribution >= 0.6 is 0 Å². The Bertz CT molecular complexity index is 874. The third-order valence-electron chi connectivity index (χ3n) is 4.92. The second-order valence-electron chi connectivity index (χ2n) is 6.98. The van der Waals surface area contributed by atoms with E-state index in [0.717, 1.165) is 37.8 Å². The second kappa shape index (κ2) is 8.75. The highest BCUT2D eigenvalue weighted by molar-refractivity contribution is 5.86. The van der Waals surface area contributed by atoms with Gasteiger partial charge in [0.15, 0.2) is 6.29 Å². The smallest absolute Gasteiger partial charge is 0.350 e. The second-order valence-corrected chi connectivity index (χ2v) is 6.98. The molecule has 0 unspecified atom stereocenters. The summed E-state index contributed by atoms with van der Waals surface area (Å²) in [6.07, 6.45) is -0.133. The number of aromatic nitrogens is 2. The highest BCUT2D eigenvalue weighted by Gasteiger charge is 2.30. The Hall–Kier alpha value is -2.72. The zero-order valence-electron chi connectivity index (χ0n) is 15.7. The molecular formula is C19H23F3N6O. The highest BCUT2D eigenvalue weighted by Crippen LogP contribution is 2.32. The van der Waals surface area contributed by atoms with Crippen LogP contribution in [0.3, 0.4) is 0 Å². The number of hydrogen-bond acceptors (Lipinski definition) is 7. The maximum absolute atomic E-state index is 13.0. The number of nitrogens with one attached hydrogen (secondary N) is 2. The van der Waals surface area contributed by atoms with Crippen LogP contribution in [0, 0.1) is 0 Å². The van der Waals surface area contributed by atoms with Crippen LogP contribution < -0.4 is 22.1 Å². The molecule has 1 aromatic heterocycles. The van der Waals surface area contributed by atoms with Crippen molar-refractivity contribution in [1.29, 1.82) is 0 Å². The maximum Gasteiger partial charge on any atom is 0.416 e. The third-order valence-corrected chi connectivity index (χ3v) is 4.92. The molecule has 0 bridgehead atoms. The van der Waals surface area contributed by atoms with E-state index in [2.05, 4.69) is 20.6 Å². The van der Waals surface area contributed by atoms with Crippen LogP contribution in [-0.4, -0.2) is 28.3 Å². The number of anilines is 3. The Morgan fingerprint density at radius 2 is 1.97 bits per heavy atom. The standard InChI is InChI=1S/C19H23F3N6O/c20-19(21,22)11-4-3-5-12(8-11)25-17-13(10-29)16(9-23)27-18(28-17)26-15-7-2-1-6-14(15)24/h3-5,8,10,14-15H,1-2,6-7,9,23-24H2,(H2,25,26,27,28)/t14-,15+/m0/s1. The van der Waals surface area contributed by atoms with Gasteiger partial charge in [0, 0.05) is 24.3 Å². The van der Waals surface area contributed by atoms with Crippen molar-refractivity contribution in [3.8, 4) is 0 Å². The molecule has 2 aromatic rings. The van der Waals surface area contributed by atoms with Crippen molar-refractivity contribution in [3.63, 3.8) is 0 Å². The van der Waals surface area contributed by atoms with Gasteiger partial charge in [-0.2, -0.15) is 18.2 Å². The van der Waals surface area contributed by atoms with Crippen molar-refractivity contribution in [2.24, 2.45) is 11.5 Å². The van der Waals surface area contributed by atoms with E-state index in [9.17, 15) is 18.0 Å². The number of halogens is 3. The van der Waals surface area contributed by atoms with E-state index >= 15 is 0 Å².